The van der Waals surface area contributed by atoms with Crippen molar-refractivity contribution in [3.8, 4) is 5.75 Å². The molecule has 5 nitrogen and oxygen atoms in total. The minimum absolute atomic E-state index is 0.154. The zero-order valence-corrected chi connectivity index (χ0v) is 12.4. The molecule has 0 aliphatic rings. The molecule has 20 heavy (non-hydrogen) atoms. The van der Waals surface area contributed by atoms with E-state index in [0.717, 1.165) is 0 Å². The first kappa shape index (κ1) is 14.8. The van der Waals surface area contributed by atoms with Crippen molar-refractivity contribution in [3.63, 3.8) is 0 Å². The van der Waals surface area contributed by atoms with Gasteiger partial charge in [-0.1, -0.05) is 30.6 Å². The molecule has 0 saturated heterocycles. The topological polar surface area (TPSA) is 68.4 Å². The van der Waals surface area contributed by atoms with E-state index in [4.69, 9.17) is 20.9 Å². The number of benzene rings is 1. The predicted molar refractivity (Wildman–Crippen MR) is 74.8 cm³/mol. The van der Waals surface area contributed by atoms with Gasteiger partial charge in [0.25, 0.3) is 5.89 Å². The largest absolute Gasteiger partial charge is 0.483 e. The number of hydrogen-bond donors (Lipinski definition) is 1. The van der Waals surface area contributed by atoms with Crippen molar-refractivity contribution in [2.24, 2.45) is 0 Å². The summed E-state index contributed by atoms with van der Waals surface area (Å²) in [6.45, 7) is 5.78. The molecule has 1 N–H and O–H groups in total. The fourth-order valence-electron chi connectivity index (χ4n) is 1.68. The first-order chi connectivity index (χ1) is 9.47. The third-order valence-corrected chi connectivity index (χ3v) is 3.01. The second kappa shape index (κ2) is 6.24. The molecule has 108 valence electrons. The number of ether oxygens (including phenoxy) is 1. The van der Waals surface area contributed by atoms with Crippen LogP contribution in [0.1, 0.15) is 50.1 Å². The maximum atomic E-state index is 9.71. The van der Waals surface area contributed by atoms with Crippen molar-refractivity contribution in [3.05, 3.63) is 40.5 Å². The standard InChI is InChI=1S/C14H17ClN2O3/c1-8(2)14-16-13(20-17-14)7-19-12-5-4-10(15)6-11(12)9(3)18/h4-6,8-9,18H,7H2,1-3H3/t9-/m0/s1. The molecule has 0 saturated carbocycles. The van der Waals surface area contributed by atoms with Crippen LogP contribution >= 0.6 is 11.6 Å². The van der Waals surface area contributed by atoms with Gasteiger partial charge >= 0.3 is 0 Å². The zero-order chi connectivity index (χ0) is 14.7. The molecule has 1 atom stereocenters. The van der Waals surface area contributed by atoms with Gasteiger partial charge in [0.2, 0.25) is 0 Å². The Hall–Kier alpha value is -1.59. The maximum Gasteiger partial charge on any atom is 0.264 e. The van der Waals surface area contributed by atoms with E-state index >= 15 is 0 Å². The van der Waals surface area contributed by atoms with Crippen LogP contribution in [0.25, 0.3) is 0 Å². The number of rotatable bonds is 5. The van der Waals surface area contributed by atoms with Gasteiger partial charge in [-0.25, -0.2) is 0 Å². The second-order valence-electron chi connectivity index (χ2n) is 4.85. The highest BCUT2D eigenvalue weighted by atomic mass is 35.5. The molecule has 6 heteroatoms. The summed E-state index contributed by atoms with van der Waals surface area (Å²) >= 11 is 5.91. The molecule has 1 aromatic carbocycles. The van der Waals surface area contributed by atoms with Gasteiger partial charge in [-0.15, -0.1) is 0 Å². The summed E-state index contributed by atoms with van der Waals surface area (Å²) in [6, 6.07) is 5.09. The molecule has 0 amide bonds. The summed E-state index contributed by atoms with van der Waals surface area (Å²) < 4.78 is 10.7. The molecule has 1 aromatic heterocycles. The van der Waals surface area contributed by atoms with Crippen LogP contribution in [0, 0.1) is 0 Å². The number of nitrogens with zero attached hydrogens (tertiary/aromatic N) is 2. The smallest absolute Gasteiger partial charge is 0.264 e. The minimum atomic E-state index is -0.669. The molecule has 0 aliphatic heterocycles. The summed E-state index contributed by atoms with van der Waals surface area (Å²) in [5.41, 5.74) is 0.626. The first-order valence-electron chi connectivity index (χ1n) is 6.40. The summed E-state index contributed by atoms with van der Waals surface area (Å²) in [6.07, 6.45) is -0.669. The van der Waals surface area contributed by atoms with Crippen LogP contribution < -0.4 is 4.74 Å². The van der Waals surface area contributed by atoms with E-state index in [1.54, 1.807) is 25.1 Å². The number of aromatic nitrogens is 2. The highest BCUT2D eigenvalue weighted by molar-refractivity contribution is 6.30. The third kappa shape index (κ3) is 3.49. The van der Waals surface area contributed by atoms with Gasteiger partial charge in [-0.2, -0.15) is 4.98 Å². The molecule has 0 aliphatic carbocycles. The summed E-state index contributed by atoms with van der Waals surface area (Å²) in [7, 11) is 0. The van der Waals surface area contributed by atoms with Gasteiger partial charge < -0.3 is 14.4 Å². The molecule has 0 fully saturated rings. The predicted octanol–water partition coefficient (Wildman–Crippen LogP) is 3.48. The van der Waals surface area contributed by atoms with Crippen LogP contribution in [0.15, 0.2) is 22.7 Å². The van der Waals surface area contributed by atoms with E-state index in [9.17, 15) is 5.11 Å². The molecule has 0 spiro atoms. The van der Waals surface area contributed by atoms with Gasteiger partial charge in [0.1, 0.15) is 5.75 Å². The highest BCUT2D eigenvalue weighted by Gasteiger charge is 2.13. The summed E-state index contributed by atoms with van der Waals surface area (Å²) in [5.74, 6) is 1.81. The van der Waals surface area contributed by atoms with Crippen molar-refractivity contribution in [1.82, 2.24) is 10.1 Å². The Morgan fingerprint density at radius 2 is 2.10 bits per heavy atom. The van der Waals surface area contributed by atoms with Crippen LogP contribution in [-0.4, -0.2) is 15.2 Å². The van der Waals surface area contributed by atoms with Crippen molar-refractivity contribution >= 4 is 11.6 Å². The average Bonchev–Trinajstić information content (AvgIpc) is 2.86. The lowest BCUT2D eigenvalue weighted by Crippen LogP contribution is -2.01. The molecule has 2 aromatic rings. The quantitative estimate of drug-likeness (QED) is 0.915. The van der Waals surface area contributed by atoms with Gasteiger partial charge in [0.15, 0.2) is 12.4 Å². The number of aliphatic hydroxyl groups is 1. The fourth-order valence-corrected chi connectivity index (χ4v) is 1.86. The van der Waals surface area contributed by atoms with E-state index in [1.165, 1.54) is 0 Å². The van der Waals surface area contributed by atoms with E-state index in [0.29, 0.717) is 28.1 Å². The molecular formula is C14H17ClN2O3. The van der Waals surface area contributed by atoms with Crippen LogP contribution in [0.3, 0.4) is 0 Å². The molecule has 2 rings (SSSR count). The zero-order valence-electron chi connectivity index (χ0n) is 11.6. The fraction of sp³-hybridized carbons (Fsp3) is 0.429. The normalized spacial score (nSPS) is 12.7. The SMILES string of the molecule is CC(C)c1noc(COc2ccc(Cl)cc2[C@H](C)O)n1. The Bertz CT molecular complexity index is 582. The first-order valence-corrected chi connectivity index (χ1v) is 6.78. The molecule has 1 heterocycles. The van der Waals surface area contributed by atoms with Crippen molar-refractivity contribution in [2.45, 2.75) is 39.4 Å². The molecule has 0 unspecified atom stereocenters. The van der Waals surface area contributed by atoms with Gasteiger partial charge in [-0.3, -0.25) is 0 Å². The lowest BCUT2D eigenvalue weighted by Gasteiger charge is -2.12. The average molecular weight is 297 g/mol. The number of halogens is 1. The Labute approximate surface area is 122 Å². The highest BCUT2D eigenvalue weighted by Crippen LogP contribution is 2.28. The monoisotopic (exact) mass is 296 g/mol. The van der Waals surface area contributed by atoms with Crippen LogP contribution in [0.4, 0.5) is 0 Å². The second-order valence-corrected chi connectivity index (χ2v) is 5.28. The van der Waals surface area contributed by atoms with Crippen LogP contribution in [0.5, 0.6) is 5.75 Å². The van der Waals surface area contributed by atoms with Crippen molar-refractivity contribution in [1.29, 1.82) is 0 Å². The molecule has 0 bridgehead atoms. The van der Waals surface area contributed by atoms with Gasteiger partial charge in [0.05, 0.1) is 6.10 Å². The van der Waals surface area contributed by atoms with Gasteiger partial charge in [0, 0.05) is 16.5 Å². The number of hydrogen-bond acceptors (Lipinski definition) is 5. The Morgan fingerprint density at radius 3 is 2.70 bits per heavy atom. The van der Waals surface area contributed by atoms with E-state index < -0.39 is 6.10 Å². The minimum Gasteiger partial charge on any atom is -0.483 e. The lowest BCUT2D eigenvalue weighted by atomic mass is 10.1. The van der Waals surface area contributed by atoms with Gasteiger partial charge in [-0.05, 0) is 25.1 Å². The van der Waals surface area contributed by atoms with Crippen LogP contribution in [0.2, 0.25) is 5.02 Å². The Morgan fingerprint density at radius 1 is 1.35 bits per heavy atom. The number of aliphatic hydroxyl groups excluding tert-OH is 1. The van der Waals surface area contributed by atoms with E-state index in [-0.39, 0.29) is 12.5 Å². The van der Waals surface area contributed by atoms with Crippen molar-refractivity contribution in [2.75, 3.05) is 0 Å². The summed E-state index contributed by atoms with van der Waals surface area (Å²) in [5, 5.41) is 14.1. The lowest BCUT2D eigenvalue weighted by molar-refractivity contribution is 0.185. The molecular weight excluding hydrogens is 280 g/mol. The summed E-state index contributed by atoms with van der Waals surface area (Å²) in [4.78, 5) is 4.23. The maximum absolute atomic E-state index is 9.71. The molecule has 0 radical (unpaired) electrons. The van der Waals surface area contributed by atoms with E-state index in [2.05, 4.69) is 10.1 Å². The Kier molecular flexibility index (Phi) is 4.62. The third-order valence-electron chi connectivity index (χ3n) is 2.77. The van der Waals surface area contributed by atoms with Crippen molar-refractivity contribution < 1.29 is 14.4 Å². The Balaban J connectivity index is 2.10. The van der Waals surface area contributed by atoms with Crippen LogP contribution in [-0.2, 0) is 6.61 Å². The van der Waals surface area contributed by atoms with E-state index in [1.807, 2.05) is 13.8 Å².